The maximum atomic E-state index is 12.1. The molecule has 2 aromatic carbocycles. The Kier molecular flexibility index (Phi) is 4.60. The molecule has 2 rings (SSSR count). The fraction of sp³-hybridized carbons (Fsp3) is 0.125. The molecule has 0 aliphatic carbocycles. The van der Waals surface area contributed by atoms with Crippen LogP contribution in [0.1, 0.15) is 20.7 Å². The Morgan fingerprint density at radius 1 is 1.00 bits per heavy atom. The molecular formula is C16H15ClN2O2. The van der Waals surface area contributed by atoms with Gasteiger partial charge in [0.25, 0.3) is 11.8 Å². The van der Waals surface area contributed by atoms with Gasteiger partial charge in [-0.2, -0.15) is 0 Å². The van der Waals surface area contributed by atoms with Crippen LogP contribution >= 0.6 is 11.6 Å². The lowest BCUT2D eigenvalue weighted by Crippen LogP contribution is -2.21. The average Bonchev–Trinajstić information content (AvgIpc) is 2.47. The monoisotopic (exact) mass is 302 g/mol. The minimum atomic E-state index is -0.249. The molecule has 5 heteroatoms. The van der Waals surface area contributed by atoms with Crippen LogP contribution in [0.2, 0.25) is 5.02 Å². The molecule has 1 N–H and O–H groups in total. The first kappa shape index (κ1) is 15.1. The third-order valence-electron chi connectivity index (χ3n) is 2.88. The first-order chi connectivity index (χ1) is 9.97. The summed E-state index contributed by atoms with van der Waals surface area (Å²) in [4.78, 5) is 25.5. The molecule has 0 radical (unpaired) electrons. The number of nitrogens with one attached hydrogen (secondary N) is 1. The van der Waals surface area contributed by atoms with Crippen molar-refractivity contribution in [1.82, 2.24) is 4.90 Å². The highest BCUT2D eigenvalue weighted by molar-refractivity contribution is 6.30. The van der Waals surface area contributed by atoms with Crippen LogP contribution in [0, 0.1) is 0 Å². The van der Waals surface area contributed by atoms with Crippen molar-refractivity contribution >= 4 is 29.1 Å². The quantitative estimate of drug-likeness (QED) is 0.946. The van der Waals surface area contributed by atoms with Crippen LogP contribution < -0.4 is 5.32 Å². The van der Waals surface area contributed by atoms with Crippen molar-refractivity contribution in [1.29, 1.82) is 0 Å². The Bertz CT molecular complexity index is 666. The summed E-state index contributed by atoms with van der Waals surface area (Å²) in [5, 5.41) is 3.33. The van der Waals surface area contributed by atoms with Crippen LogP contribution in [0.3, 0.4) is 0 Å². The number of hydrogen-bond donors (Lipinski definition) is 1. The lowest BCUT2D eigenvalue weighted by molar-refractivity contribution is 0.0827. The van der Waals surface area contributed by atoms with E-state index in [4.69, 9.17) is 11.6 Å². The minimum absolute atomic E-state index is 0.113. The number of carbonyl (C=O) groups excluding carboxylic acids is 2. The molecule has 0 aliphatic heterocycles. The second-order valence-corrected chi connectivity index (χ2v) is 5.18. The van der Waals surface area contributed by atoms with E-state index in [-0.39, 0.29) is 11.8 Å². The van der Waals surface area contributed by atoms with Gasteiger partial charge in [0.15, 0.2) is 0 Å². The van der Waals surface area contributed by atoms with Gasteiger partial charge >= 0.3 is 0 Å². The number of nitrogens with zero attached hydrogens (tertiary/aromatic N) is 1. The van der Waals surface area contributed by atoms with Crippen molar-refractivity contribution in [2.24, 2.45) is 0 Å². The summed E-state index contributed by atoms with van der Waals surface area (Å²) in [6.07, 6.45) is 0. The molecule has 0 aromatic heterocycles. The predicted octanol–water partition coefficient (Wildman–Crippen LogP) is 3.29. The second kappa shape index (κ2) is 6.41. The summed E-state index contributed by atoms with van der Waals surface area (Å²) in [7, 11) is 3.36. The molecule has 0 spiro atoms. The smallest absolute Gasteiger partial charge is 0.255 e. The average molecular weight is 303 g/mol. The van der Waals surface area contributed by atoms with Gasteiger partial charge < -0.3 is 10.2 Å². The fourth-order valence-corrected chi connectivity index (χ4v) is 1.92. The van der Waals surface area contributed by atoms with Gasteiger partial charge in [-0.15, -0.1) is 0 Å². The topological polar surface area (TPSA) is 49.4 Å². The lowest BCUT2D eigenvalue weighted by atomic mass is 10.1. The van der Waals surface area contributed by atoms with Crippen LogP contribution in [0.25, 0.3) is 0 Å². The highest BCUT2D eigenvalue weighted by Crippen LogP contribution is 2.15. The van der Waals surface area contributed by atoms with Gasteiger partial charge in [0.1, 0.15) is 0 Å². The third kappa shape index (κ3) is 3.83. The number of hydrogen-bond acceptors (Lipinski definition) is 2. The molecule has 0 unspecified atom stereocenters. The fourth-order valence-electron chi connectivity index (χ4n) is 1.79. The van der Waals surface area contributed by atoms with Gasteiger partial charge in [0, 0.05) is 35.9 Å². The minimum Gasteiger partial charge on any atom is -0.345 e. The second-order valence-electron chi connectivity index (χ2n) is 4.74. The van der Waals surface area contributed by atoms with Crippen molar-refractivity contribution in [3.8, 4) is 0 Å². The SMILES string of the molecule is CN(C)C(=O)c1cccc(NC(=O)c2ccc(Cl)cc2)c1. The van der Waals surface area contributed by atoms with Gasteiger partial charge in [-0.3, -0.25) is 9.59 Å². The molecule has 4 nitrogen and oxygen atoms in total. The van der Waals surface area contributed by atoms with E-state index in [2.05, 4.69) is 5.32 Å². The first-order valence-electron chi connectivity index (χ1n) is 6.36. The maximum Gasteiger partial charge on any atom is 0.255 e. The molecule has 0 aliphatic rings. The zero-order chi connectivity index (χ0) is 15.4. The van der Waals surface area contributed by atoms with E-state index in [1.807, 2.05) is 0 Å². The number of benzene rings is 2. The largest absolute Gasteiger partial charge is 0.345 e. The van der Waals surface area contributed by atoms with Crippen LogP contribution in [0.4, 0.5) is 5.69 Å². The number of amides is 2. The molecule has 0 saturated carbocycles. The van der Waals surface area contributed by atoms with Gasteiger partial charge in [-0.1, -0.05) is 17.7 Å². The Morgan fingerprint density at radius 3 is 2.29 bits per heavy atom. The zero-order valence-corrected chi connectivity index (χ0v) is 12.5. The molecule has 2 amide bonds. The van der Waals surface area contributed by atoms with Crippen LogP contribution in [0.5, 0.6) is 0 Å². The highest BCUT2D eigenvalue weighted by Gasteiger charge is 2.10. The summed E-state index contributed by atoms with van der Waals surface area (Å²) < 4.78 is 0. The van der Waals surface area contributed by atoms with Gasteiger partial charge in [-0.25, -0.2) is 0 Å². The molecule has 0 atom stereocenters. The standard InChI is InChI=1S/C16H15ClN2O2/c1-19(2)16(21)12-4-3-5-14(10-12)18-15(20)11-6-8-13(17)9-7-11/h3-10H,1-2H3,(H,18,20). The zero-order valence-electron chi connectivity index (χ0n) is 11.8. The van der Waals surface area contributed by atoms with Gasteiger partial charge in [-0.05, 0) is 42.5 Å². The normalized spacial score (nSPS) is 10.0. The summed E-state index contributed by atoms with van der Waals surface area (Å²) in [5.74, 6) is -0.362. The molecule has 0 fully saturated rings. The molecule has 0 bridgehead atoms. The summed E-state index contributed by atoms with van der Waals surface area (Å²) in [5.41, 5.74) is 1.60. The van der Waals surface area contributed by atoms with Crippen molar-refractivity contribution < 1.29 is 9.59 Å². The van der Waals surface area contributed by atoms with Crippen LogP contribution in [-0.4, -0.2) is 30.8 Å². The number of halogens is 1. The van der Waals surface area contributed by atoms with E-state index in [0.717, 1.165) is 0 Å². The van der Waals surface area contributed by atoms with E-state index in [1.54, 1.807) is 62.6 Å². The molecule has 108 valence electrons. The molecule has 0 heterocycles. The number of rotatable bonds is 3. The third-order valence-corrected chi connectivity index (χ3v) is 3.13. The Labute approximate surface area is 128 Å². The summed E-state index contributed by atoms with van der Waals surface area (Å²) in [6, 6.07) is 13.4. The molecule has 21 heavy (non-hydrogen) atoms. The Morgan fingerprint density at radius 2 is 1.67 bits per heavy atom. The van der Waals surface area contributed by atoms with Crippen molar-refractivity contribution in [2.45, 2.75) is 0 Å². The van der Waals surface area contributed by atoms with E-state index in [9.17, 15) is 9.59 Å². The van der Waals surface area contributed by atoms with Crippen molar-refractivity contribution in [3.05, 3.63) is 64.7 Å². The molecule has 2 aromatic rings. The van der Waals surface area contributed by atoms with Crippen molar-refractivity contribution in [3.63, 3.8) is 0 Å². The van der Waals surface area contributed by atoms with Crippen LogP contribution in [0.15, 0.2) is 48.5 Å². The van der Waals surface area contributed by atoms with E-state index >= 15 is 0 Å². The Hall–Kier alpha value is -2.33. The first-order valence-corrected chi connectivity index (χ1v) is 6.74. The van der Waals surface area contributed by atoms with E-state index in [0.29, 0.717) is 21.8 Å². The van der Waals surface area contributed by atoms with E-state index in [1.165, 1.54) is 4.90 Å². The Balaban J connectivity index is 2.16. The molecule has 0 saturated heterocycles. The number of anilines is 1. The summed E-state index contributed by atoms with van der Waals surface area (Å²) in [6.45, 7) is 0. The van der Waals surface area contributed by atoms with Gasteiger partial charge in [0.2, 0.25) is 0 Å². The highest BCUT2D eigenvalue weighted by atomic mass is 35.5. The van der Waals surface area contributed by atoms with E-state index < -0.39 is 0 Å². The van der Waals surface area contributed by atoms with Crippen molar-refractivity contribution in [2.75, 3.05) is 19.4 Å². The lowest BCUT2D eigenvalue weighted by Gasteiger charge is -2.11. The summed E-state index contributed by atoms with van der Waals surface area (Å²) >= 11 is 5.79. The van der Waals surface area contributed by atoms with Crippen LogP contribution in [-0.2, 0) is 0 Å². The molecular weight excluding hydrogens is 288 g/mol. The number of carbonyl (C=O) groups is 2. The maximum absolute atomic E-state index is 12.1. The predicted molar refractivity (Wildman–Crippen MR) is 83.9 cm³/mol. The van der Waals surface area contributed by atoms with Gasteiger partial charge in [0.05, 0.1) is 0 Å².